The molecule has 2 fully saturated rings. The van der Waals surface area contributed by atoms with Gasteiger partial charge in [-0.1, -0.05) is 11.6 Å². The predicted molar refractivity (Wildman–Crippen MR) is 127 cm³/mol. The lowest BCUT2D eigenvalue weighted by Crippen LogP contribution is -2.48. The molecule has 0 bridgehead atoms. The van der Waals surface area contributed by atoms with Crippen molar-refractivity contribution < 1.29 is 14.1 Å². The van der Waals surface area contributed by atoms with Crippen LogP contribution in [-0.4, -0.2) is 61.9 Å². The minimum Gasteiger partial charge on any atom is -0.489 e. The maximum Gasteiger partial charge on any atom is 0.173 e. The Morgan fingerprint density at radius 2 is 1.97 bits per heavy atom. The fraction of sp³-hybridized carbons (Fsp3) is 0.609. The van der Waals surface area contributed by atoms with Crippen LogP contribution in [0.4, 0.5) is 11.6 Å². The number of ether oxygens (including phenoxy) is 1. The van der Waals surface area contributed by atoms with E-state index in [1.165, 1.54) is 0 Å². The van der Waals surface area contributed by atoms with Gasteiger partial charge < -0.3 is 20.1 Å². The molecule has 10 heteroatoms. The molecule has 0 spiro atoms. The molecule has 4 aliphatic rings. The van der Waals surface area contributed by atoms with Gasteiger partial charge in [0.25, 0.3) is 0 Å². The molecule has 1 aliphatic carbocycles. The molecule has 2 unspecified atom stereocenters. The van der Waals surface area contributed by atoms with Crippen molar-refractivity contribution in [3.05, 3.63) is 28.8 Å². The number of halogens is 1. The predicted octanol–water partition coefficient (Wildman–Crippen LogP) is 3.22. The molecule has 2 atom stereocenters. The maximum absolute atomic E-state index is 13.1. The Morgan fingerprint density at radius 3 is 2.64 bits per heavy atom. The first kappa shape index (κ1) is 21.6. The van der Waals surface area contributed by atoms with Gasteiger partial charge in [0.15, 0.2) is 11.6 Å². The molecule has 2 N–H and O–H groups in total. The van der Waals surface area contributed by atoms with Crippen LogP contribution in [0.2, 0.25) is 5.02 Å². The van der Waals surface area contributed by atoms with Crippen LogP contribution in [0.5, 0.6) is 5.75 Å². The standard InChI is InChI=1S/C23H28ClN5O3S/c24-16-10-25-20(26-11-16)14-2-7-29(8-3-14)22-18-17-15(4-9-32-18)12-33(31)19(17)21(27-22)28-23(13-30)5-1-6-23/h10-11,14-15,30H,1-9,12-13H2,(H,27,28). The van der Waals surface area contributed by atoms with Crippen LogP contribution in [0, 0.1) is 0 Å². The second kappa shape index (κ2) is 8.36. The first-order valence-corrected chi connectivity index (χ1v) is 13.5. The Kier molecular flexibility index (Phi) is 5.46. The average Bonchev–Trinajstić information content (AvgIpc) is 3.16. The molecule has 33 heavy (non-hydrogen) atoms. The van der Waals surface area contributed by atoms with E-state index < -0.39 is 10.8 Å². The Balaban J connectivity index is 1.33. The van der Waals surface area contributed by atoms with E-state index >= 15 is 0 Å². The summed E-state index contributed by atoms with van der Waals surface area (Å²) in [6.45, 7) is 2.32. The van der Waals surface area contributed by atoms with Gasteiger partial charge in [-0.15, -0.1) is 0 Å². The number of anilines is 2. The van der Waals surface area contributed by atoms with Crippen molar-refractivity contribution >= 4 is 34.0 Å². The molecule has 8 nitrogen and oxygen atoms in total. The van der Waals surface area contributed by atoms with E-state index in [0.717, 1.165) is 79.5 Å². The van der Waals surface area contributed by atoms with Gasteiger partial charge in [0.2, 0.25) is 0 Å². The molecule has 0 radical (unpaired) electrons. The van der Waals surface area contributed by atoms with Crippen molar-refractivity contribution in [3.63, 3.8) is 0 Å². The number of aliphatic hydroxyl groups excluding tert-OH is 1. The lowest BCUT2D eigenvalue weighted by molar-refractivity contribution is 0.143. The number of piperidine rings is 1. The number of aromatic nitrogens is 3. The molecule has 6 rings (SSSR count). The van der Waals surface area contributed by atoms with Crippen molar-refractivity contribution in [2.45, 2.75) is 60.8 Å². The Labute approximate surface area is 200 Å². The number of hydrogen-bond donors (Lipinski definition) is 2. The number of rotatable bonds is 5. The van der Waals surface area contributed by atoms with Gasteiger partial charge in [-0.25, -0.2) is 15.0 Å². The number of aliphatic hydroxyl groups is 1. The normalized spacial score (nSPS) is 25.8. The monoisotopic (exact) mass is 489 g/mol. The fourth-order valence-corrected chi connectivity index (χ4v) is 7.32. The highest BCUT2D eigenvalue weighted by molar-refractivity contribution is 7.85. The highest BCUT2D eigenvalue weighted by Gasteiger charge is 2.43. The van der Waals surface area contributed by atoms with E-state index in [1.54, 1.807) is 12.4 Å². The largest absolute Gasteiger partial charge is 0.489 e. The van der Waals surface area contributed by atoms with E-state index in [-0.39, 0.29) is 24.0 Å². The first-order valence-electron chi connectivity index (χ1n) is 11.8. The van der Waals surface area contributed by atoms with Gasteiger partial charge in [-0.05, 0) is 38.5 Å². The van der Waals surface area contributed by atoms with Crippen LogP contribution in [-0.2, 0) is 10.8 Å². The summed E-state index contributed by atoms with van der Waals surface area (Å²) in [5.41, 5.74) is 0.716. The number of nitrogens with zero attached hydrogens (tertiary/aromatic N) is 4. The van der Waals surface area contributed by atoms with Crippen molar-refractivity contribution in [1.82, 2.24) is 15.0 Å². The van der Waals surface area contributed by atoms with Gasteiger partial charge in [0.05, 0.1) is 39.5 Å². The second-order valence-corrected chi connectivity index (χ2v) is 11.5. The summed E-state index contributed by atoms with van der Waals surface area (Å²) in [6, 6.07) is 0. The lowest BCUT2D eigenvalue weighted by atomic mass is 9.77. The third-order valence-corrected chi connectivity index (χ3v) is 9.39. The van der Waals surface area contributed by atoms with Crippen LogP contribution < -0.4 is 15.0 Å². The third kappa shape index (κ3) is 3.68. The van der Waals surface area contributed by atoms with Gasteiger partial charge in [0, 0.05) is 48.6 Å². The van der Waals surface area contributed by atoms with Gasteiger partial charge in [0.1, 0.15) is 11.6 Å². The van der Waals surface area contributed by atoms with Gasteiger partial charge >= 0.3 is 0 Å². The highest BCUT2D eigenvalue weighted by atomic mass is 35.5. The quantitative estimate of drug-likeness (QED) is 0.660. The molecule has 3 aliphatic heterocycles. The Bertz CT molecular complexity index is 1080. The van der Waals surface area contributed by atoms with Crippen LogP contribution in [0.25, 0.3) is 0 Å². The SMILES string of the molecule is O=S1CC2CCOc3c(N4CCC(c5ncc(Cl)cn5)CC4)nc(NC4(CO)CCC4)c1c32. The molecule has 2 aromatic rings. The summed E-state index contributed by atoms with van der Waals surface area (Å²) < 4.78 is 19.3. The fourth-order valence-electron chi connectivity index (χ4n) is 5.54. The summed E-state index contributed by atoms with van der Waals surface area (Å²) in [5.74, 6) is 4.33. The highest BCUT2D eigenvalue weighted by Crippen LogP contribution is 2.51. The van der Waals surface area contributed by atoms with Crippen molar-refractivity contribution in [2.75, 3.05) is 42.3 Å². The smallest absolute Gasteiger partial charge is 0.173 e. The summed E-state index contributed by atoms with van der Waals surface area (Å²) in [5, 5.41) is 14.1. The minimum absolute atomic E-state index is 0.0551. The number of pyridine rings is 1. The average molecular weight is 490 g/mol. The van der Waals surface area contributed by atoms with Crippen molar-refractivity contribution in [2.24, 2.45) is 0 Å². The van der Waals surface area contributed by atoms with E-state index in [0.29, 0.717) is 23.2 Å². The molecular weight excluding hydrogens is 462 g/mol. The first-order chi connectivity index (χ1) is 16.1. The molecular formula is C23H28ClN5O3S. The molecule has 1 saturated carbocycles. The minimum atomic E-state index is -1.10. The Morgan fingerprint density at radius 1 is 1.21 bits per heavy atom. The van der Waals surface area contributed by atoms with E-state index in [9.17, 15) is 9.32 Å². The van der Waals surface area contributed by atoms with E-state index in [2.05, 4.69) is 20.2 Å². The van der Waals surface area contributed by atoms with Crippen LogP contribution in [0.15, 0.2) is 17.3 Å². The maximum atomic E-state index is 13.1. The summed E-state index contributed by atoms with van der Waals surface area (Å²) in [4.78, 5) is 16.9. The number of nitrogens with one attached hydrogen (secondary N) is 1. The van der Waals surface area contributed by atoms with Gasteiger partial charge in [-0.3, -0.25) is 4.21 Å². The molecule has 0 amide bonds. The van der Waals surface area contributed by atoms with Crippen LogP contribution >= 0.6 is 11.6 Å². The Hall–Kier alpha value is -1.97. The molecule has 5 heterocycles. The molecule has 1 saturated heterocycles. The van der Waals surface area contributed by atoms with Crippen LogP contribution in [0.3, 0.4) is 0 Å². The molecule has 0 aromatic carbocycles. The summed E-state index contributed by atoms with van der Waals surface area (Å²) in [7, 11) is -1.10. The zero-order valence-corrected chi connectivity index (χ0v) is 20.0. The lowest BCUT2D eigenvalue weighted by Gasteiger charge is -2.42. The van der Waals surface area contributed by atoms with Crippen molar-refractivity contribution in [3.8, 4) is 5.75 Å². The van der Waals surface area contributed by atoms with E-state index in [1.807, 2.05) is 0 Å². The van der Waals surface area contributed by atoms with Crippen LogP contribution in [0.1, 0.15) is 61.7 Å². The zero-order valence-electron chi connectivity index (χ0n) is 18.4. The zero-order chi connectivity index (χ0) is 22.6. The van der Waals surface area contributed by atoms with Crippen molar-refractivity contribution in [1.29, 1.82) is 0 Å². The summed E-state index contributed by atoms with van der Waals surface area (Å²) in [6.07, 6.45) is 8.91. The summed E-state index contributed by atoms with van der Waals surface area (Å²) >= 11 is 5.95. The topological polar surface area (TPSA) is 100 Å². The second-order valence-electron chi connectivity index (χ2n) is 9.64. The number of hydrogen-bond acceptors (Lipinski definition) is 8. The molecule has 2 aromatic heterocycles. The third-order valence-electron chi connectivity index (χ3n) is 7.62. The molecule has 176 valence electrons. The van der Waals surface area contributed by atoms with E-state index in [4.69, 9.17) is 21.3 Å². The van der Waals surface area contributed by atoms with Gasteiger partial charge in [-0.2, -0.15) is 0 Å².